The topological polar surface area (TPSA) is 105 Å². The molecule has 7 nitrogen and oxygen atoms in total. The minimum absolute atomic E-state index is 0.113. The highest BCUT2D eigenvalue weighted by atomic mass is 16.5. The summed E-state index contributed by atoms with van der Waals surface area (Å²) < 4.78 is 4.53. The van der Waals surface area contributed by atoms with Gasteiger partial charge in [0.25, 0.3) is 0 Å². The zero-order valence-electron chi connectivity index (χ0n) is 15.4. The number of aliphatic hydroxyl groups excluding tert-OH is 1. The lowest BCUT2D eigenvalue weighted by atomic mass is 9.83. The summed E-state index contributed by atoms with van der Waals surface area (Å²) in [6.07, 6.45) is 3.88. The Hall–Kier alpha value is -2.67. The number of carbonyl (C=O) groups excluding carboxylic acids is 3. The summed E-state index contributed by atoms with van der Waals surface area (Å²) >= 11 is 0. The summed E-state index contributed by atoms with van der Waals surface area (Å²) in [6, 6.07) is 8.94. The molecule has 3 atom stereocenters. The van der Waals surface area contributed by atoms with E-state index < -0.39 is 12.1 Å². The van der Waals surface area contributed by atoms with Crippen LogP contribution in [0.5, 0.6) is 0 Å². The molecule has 27 heavy (non-hydrogen) atoms. The Kier molecular flexibility index (Phi) is 8.00. The number of nitrogens with one attached hydrogen (secondary N) is 2. The van der Waals surface area contributed by atoms with Crippen molar-refractivity contribution in [3.05, 3.63) is 42.0 Å². The molecule has 3 N–H and O–H groups in total. The number of aliphatic hydroxyl groups is 1. The molecule has 1 aromatic rings. The van der Waals surface area contributed by atoms with Crippen molar-refractivity contribution in [1.29, 1.82) is 0 Å². The Morgan fingerprint density at radius 1 is 1.22 bits per heavy atom. The normalized spacial score (nSPS) is 22.2. The number of esters is 1. The average molecular weight is 374 g/mol. The number of methoxy groups -OCH3 is 1. The minimum atomic E-state index is -0.682. The van der Waals surface area contributed by atoms with E-state index >= 15 is 0 Å². The zero-order valence-corrected chi connectivity index (χ0v) is 15.4. The number of hydrogen-bond donors (Lipinski definition) is 3. The van der Waals surface area contributed by atoms with E-state index in [1.165, 1.54) is 13.2 Å². The summed E-state index contributed by atoms with van der Waals surface area (Å²) in [5.41, 5.74) is 0.903. The van der Waals surface area contributed by atoms with Gasteiger partial charge in [0.05, 0.1) is 25.7 Å². The van der Waals surface area contributed by atoms with Gasteiger partial charge < -0.3 is 20.5 Å². The van der Waals surface area contributed by atoms with E-state index in [4.69, 9.17) is 0 Å². The van der Waals surface area contributed by atoms with E-state index in [0.717, 1.165) is 5.56 Å². The fraction of sp³-hybridized carbons (Fsp3) is 0.450. The van der Waals surface area contributed by atoms with Gasteiger partial charge in [-0.25, -0.2) is 0 Å². The van der Waals surface area contributed by atoms with Gasteiger partial charge in [-0.3, -0.25) is 14.4 Å². The summed E-state index contributed by atoms with van der Waals surface area (Å²) in [5, 5.41) is 15.6. The first-order valence-corrected chi connectivity index (χ1v) is 9.06. The van der Waals surface area contributed by atoms with Crippen molar-refractivity contribution in [2.45, 2.75) is 37.8 Å². The highest BCUT2D eigenvalue weighted by molar-refractivity contribution is 5.92. The lowest BCUT2D eigenvalue weighted by molar-refractivity contribution is -0.140. The zero-order chi connectivity index (χ0) is 19.6. The first kappa shape index (κ1) is 20.6. The molecule has 1 fully saturated rings. The first-order chi connectivity index (χ1) is 13.0. The second-order valence-corrected chi connectivity index (χ2v) is 6.55. The third kappa shape index (κ3) is 6.86. The van der Waals surface area contributed by atoms with Crippen LogP contribution in [-0.2, 0) is 19.1 Å². The number of amides is 2. The van der Waals surface area contributed by atoms with Crippen molar-refractivity contribution < 1.29 is 24.2 Å². The Balaban J connectivity index is 1.83. The minimum Gasteiger partial charge on any atom is -0.469 e. The predicted molar refractivity (Wildman–Crippen MR) is 100 cm³/mol. The Labute approximate surface area is 158 Å². The van der Waals surface area contributed by atoms with Crippen LogP contribution in [0.25, 0.3) is 6.08 Å². The molecule has 0 heterocycles. The maximum atomic E-state index is 12.2. The molecule has 7 heteroatoms. The second-order valence-electron chi connectivity index (χ2n) is 6.55. The number of benzene rings is 1. The molecule has 0 aliphatic heterocycles. The molecular weight excluding hydrogens is 348 g/mol. The molecule has 2 amide bonds. The van der Waals surface area contributed by atoms with Crippen LogP contribution < -0.4 is 10.6 Å². The molecule has 1 aliphatic rings. The van der Waals surface area contributed by atoms with Crippen molar-refractivity contribution in [3.8, 4) is 0 Å². The van der Waals surface area contributed by atoms with Crippen LogP contribution >= 0.6 is 0 Å². The van der Waals surface area contributed by atoms with Gasteiger partial charge in [0, 0.05) is 18.5 Å². The number of ether oxygens (including phenoxy) is 1. The molecule has 0 aromatic heterocycles. The van der Waals surface area contributed by atoms with Crippen molar-refractivity contribution >= 4 is 23.9 Å². The average Bonchev–Trinajstić information content (AvgIpc) is 2.68. The largest absolute Gasteiger partial charge is 0.469 e. The van der Waals surface area contributed by atoms with Gasteiger partial charge in [0.2, 0.25) is 11.8 Å². The molecule has 1 aliphatic carbocycles. The van der Waals surface area contributed by atoms with Crippen molar-refractivity contribution in [3.63, 3.8) is 0 Å². The highest BCUT2D eigenvalue weighted by Crippen LogP contribution is 2.25. The van der Waals surface area contributed by atoms with Crippen LogP contribution in [0.3, 0.4) is 0 Å². The third-order valence-electron chi connectivity index (χ3n) is 4.60. The number of rotatable bonds is 7. The Morgan fingerprint density at radius 2 is 1.96 bits per heavy atom. The molecule has 0 bridgehead atoms. The van der Waals surface area contributed by atoms with E-state index in [-0.39, 0.29) is 36.7 Å². The van der Waals surface area contributed by atoms with Crippen LogP contribution in [0.1, 0.15) is 31.2 Å². The standard InChI is InChI=1S/C20H26N2O5/c1-27-19(25)11-12-21-20(26)15-8-9-17(23)16(13-15)22-18(24)10-7-14-5-3-2-4-6-14/h2-7,10,15-17,23H,8-9,11-13H2,1H3,(H,21,26)(H,22,24)/t15-,16+,17+/m0/s1. The molecule has 146 valence electrons. The SMILES string of the molecule is COC(=O)CCNC(=O)[C@H]1CC[C@@H](O)[C@H](NC(=O)C=Cc2ccccc2)C1. The maximum absolute atomic E-state index is 12.2. The smallest absolute Gasteiger partial charge is 0.307 e. The molecule has 1 aromatic carbocycles. The van der Waals surface area contributed by atoms with Crippen LogP contribution in [0.4, 0.5) is 0 Å². The predicted octanol–water partition coefficient (Wildman–Crippen LogP) is 1.02. The maximum Gasteiger partial charge on any atom is 0.307 e. The molecule has 2 rings (SSSR count). The summed E-state index contributed by atoms with van der Waals surface area (Å²) in [5.74, 6) is -1.18. The van der Waals surface area contributed by atoms with Gasteiger partial charge in [-0.1, -0.05) is 30.3 Å². The number of carbonyl (C=O) groups is 3. The van der Waals surface area contributed by atoms with Crippen LogP contribution in [0.2, 0.25) is 0 Å². The molecule has 1 saturated carbocycles. The van der Waals surface area contributed by atoms with Gasteiger partial charge in [-0.2, -0.15) is 0 Å². The fourth-order valence-corrected chi connectivity index (χ4v) is 3.05. The van der Waals surface area contributed by atoms with E-state index in [2.05, 4.69) is 15.4 Å². The number of hydrogen-bond acceptors (Lipinski definition) is 5. The van der Waals surface area contributed by atoms with E-state index in [1.807, 2.05) is 30.3 Å². The molecule has 0 radical (unpaired) electrons. The monoisotopic (exact) mass is 374 g/mol. The van der Waals surface area contributed by atoms with E-state index in [9.17, 15) is 19.5 Å². The van der Waals surface area contributed by atoms with Gasteiger partial charge >= 0.3 is 5.97 Å². The summed E-state index contributed by atoms with van der Waals surface area (Å²) in [6.45, 7) is 0.210. The van der Waals surface area contributed by atoms with Crippen molar-refractivity contribution in [2.75, 3.05) is 13.7 Å². The lowest BCUT2D eigenvalue weighted by Crippen LogP contribution is -2.49. The van der Waals surface area contributed by atoms with Gasteiger partial charge in [0.1, 0.15) is 0 Å². The summed E-state index contributed by atoms with van der Waals surface area (Å²) in [7, 11) is 1.30. The fourth-order valence-electron chi connectivity index (χ4n) is 3.05. The van der Waals surface area contributed by atoms with Gasteiger partial charge in [0.15, 0.2) is 0 Å². The first-order valence-electron chi connectivity index (χ1n) is 9.06. The Morgan fingerprint density at radius 3 is 2.67 bits per heavy atom. The quantitative estimate of drug-likeness (QED) is 0.488. The second kappa shape index (κ2) is 10.5. The molecule has 0 unspecified atom stereocenters. The van der Waals surface area contributed by atoms with Gasteiger partial charge in [-0.15, -0.1) is 0 Å². The van der Waals surface area contributed by atoms with Crippen molar-refractivity contribution in [2.24, 2.45) is 5.92 Å². The van der Waals surface area contributed by atoms with E-state index in [0.29, 0.717) is 19.3 Å². The van der Waals surface area contributed by atoms with Crippen LogP contribution in [-0.4, -0.2) is 48.7 Å². The van der Waals surface area contributed by atoms with Crippen molar-refractivity contribution in [1.82, 2.24) is 10.6 Å². The molecular formula is C20H26N2O5. The highest BCUT2D eigenvalue weighted by Gasteiger charge is 2.33. The molecule has 0 spiro atoms. The van der Waals surface area contributed by atoms with E-state index in [1.54, 1.807) is 6.08 Å². The summed E-state index contributed by atoms with van der Waals surface area (Å²) in [4.78, 5) is 35.5. The lowest BCUT2D eigenvalue weighted by Gasteiger charge is -2.32. The van der Waals surface area contributed by atoms with Gasteiger partial charge in [-0.05, 0) is 30.9 Å². The van der Waals surface area contributed by atoms with Crippen LogP contribution in [0.15, 0.2) is 36.4 Å². The Bertz CT molecular complexity index is 674. The third-order valence-corrected chi connectivity index (χ3v) is 4.60. The van der Waals surface area contributed by atoms with Crippen LogP contribution in [0, 0.1) is 5.92 Å². The molecule has 0 saturated heterocycles.